The molecule has 0 unspecified atom stereocenters. The highest BCUT2D eigenvalue weighted by molar-refractivity contribution is 7.99. The second-order valence-electron chi connectivity index (χ2n) is 7.17. The molecule has 0 bridgehead atoms. The van der Waals surface area contributed by atoms with E-state index in [0.29, 0.717) is 0 Å². The van der Waals surface area contributed by atoms with Crippen LogP contribution in [0.4, 0.5) is 0 Å². The van der Waals surface area contributed by atoms with Gasteiger partial charge in [-0.3, -0.25) is 4.57 Å². The van der Waals surface area contributed by atoms with E-state index in [-0.39, 0.29) is 0 Å². The molecule has 4 rings (SSSR count). The summed E-state index contributed by atoms with van der Waals surface area (Å²) in [4.78, 5) is 3.45. The first-order valence-corrected chi connectivity index (χ1v) is 10.9. The highest BCUT2D eigenvalue weighted by atomic mass is 32.2. The highest BCUT2D eigenvalue weighted by Gasteiger charge is 2.17. The van der Waals surface area contributed by atoms with Gasteiger partial charge in [-0.2, -0.15) is 0 Å². The molecule has 2 aromatic carbocycles. The van der Waals surface area contributed by atoms with E-state index in [9.17, 15) is 0 Å². The summed E-state index contributed by atoms with van der Waals surface area (Å²) < 4.78 is 2.19. The molecule has 2 heterocycles. The maximum Gasteiger partial charge on any atom is 0.196 e. The van der Waals surface area contributed by atoms with Gasteiger partial charge < -0.3 is 4.98 Å². The zero-order valence-corrected chi connectivity index (χ0v) is 17.5. The van der Waals surface area contributed by atoms with Crippen LogP contribution in [0.5, 0.6) is 0 Å². The minimum Gasteiger partial charge on any atom is -0.358 e. The summed E-state index contributed by atoms with van der Waals surface area (Å²) in [6.45, 7) is 6.51. The second-order valence-corrected chi connectivity index (χ2v) is 8.23. The van der Waals surface area contributed by atoms with Crippen molar-refractivity contribution >= 4 is 22.7 Å². The normalized spacial score (nSPS) is 11.4. The molecule has 0 atom stereocenters. The Morgan fingerprint density at radius 1 is 1.00 bits per heavy atom. The first kappa shape index (κ1) is 18.8. The van der Waals surface area contributed by atoms with E-state index in [1.165, 1.54) is 41.4 Å². The molecule has 0 saturated heterocycles. The number of aromatic amines is 1. The van der Waals surface area contributed by atoms with Crippen molar-refractivity contribution in [3.05, 3.63) is 59.8 Å². The first-order valence-electron chi connectivity index (χ1n) is 9.92. The molecule has 0 aliphatic rings. The van der Waals surface area contributed by atoms with E-state index in [1.54, 1.807) is 11.8 Å². The van der Waals surface area contributed by atoms with Crippen molar-refractivity contribution in [3.63, 3.8) is 0 Å². The smallest absolute Gasteiger partial charge is 0.196 e. The number of hydrogen-bond acceptors (Lipinski definition) is 3. The fraction of sp³-hybridized carbons (Fsp3) is 0.304. The maximum absolute atomic E-state index is 4.59. The molecular formula is C23H26N4S. The number of benzene rings is 2. The van der Waals surface area contributed by atoms with Gasteiger partial charge in [0.15, 0.2) is 11.0 Å². The number of unbranched alkanes of at least 4 members (excludes halogenated alkanes) is 2. The summed E-state index contributed by atoms with van der Waals surface area (Å²) in [5.74, 6) is 1.96. The number of aromatic nitrogens is 4. The lowest BCUT2D eigenvalue weighted by atomic mass is 10.1. The SMILES string of the molecule is CCCCCSc1nnc(-c2ccc3[nH]c(C)c(C)c3c2)n1-c1ccccc1. The fourth-order valence-corrected chi connectivity index (χ4v) is 4.43. The summed E-state index contributed by atoms with van der Waals surface area (Å²) in [6.07, 6.45) is 3.68. The Morgan fingerprint density at radius 3 is 2.61 bits per heavy atom. The number of nitrogens with zero attached hydrogens (tertiary/aromatic N) is 3. The summed E-state index contributed by atoms with van der Waals surface area (Å²) >= 11 is 1.79. The number of para-hydroxylation sites is 1. The number of H-pyrrole nitrogens is 1. The number of fused-ring (bicyclic) bond motifs is 1. The molecule has 0 amide bonds. The van der Waals surface area contributed by atoms with Crippen LogP contribution in [0.2, 0.25) is 0 Å². The Balaban J connectivity index is 1.78. The molecule has 0 aliphatic heterocycles. The van der Waals surface area contributed by atoms with Crippen LogP contribution in [-0.2, 0) is 0 Å². The third kappa shape index (κ3) is 3.59. The largest absolute Gasteiger partial charge is 0.358 e. The van der Waals surface area contributed by atoms with Crippen molar-refractivity contribution in [1.82, 2.24) is 19.7 Å². The van der Waals surface area contributed by atoms with Crippen molar-refractivity contribution in [3.8, 4) is 17.1 Å². The van der Waals surface area contributed by atoms with Gasteiger partial charge in [0.05, 0.1) is 0 Å². The molecule has 4 aromatic rings. The van der Waals surface area contributed by atoms with Gasteiger partial charge in [-0.1, -0.05) is 49.7 Å². The number of nitrogens with one attached hydrogen (secondary N) is 1. The van der Waals surface area contributed by atoms with Crippen molar-refractivity contribution in [2.75, 3.05) is 5.75 Å². The fourth-order valence-electron chi connectivity index (χ4n) is 3.48. The van der Waals surface area contributed by atoms with Gasteiger partial charge in [0.2, 0.25) is 0 Å². The molecule has 28 heavy (non-hydrogen) atoms. The van der Waals surface area contributed by atoms with Gasteiger partial charge in [0.25, 0.3) is 0 Å². The lowest BCUT2D eigenvalue weighted by Gasteiger charge is -2.10. The van der Waals surface area contributed by atoms with Crippen LogP contribution >= 0.6 is 11.8 Å². The van der Waals surface area contributed by atoms with Crippen LogP contribution in [0.3, 0.4) is 0 Å². The van der Waals surface area contributed by atoms with Gasteiger partial charge in [0.1, 0.15) is 0 Å². The Bertz CT molecular complexity index is 1080. The van der Waals surface area contributed by atoms with E-state index in [1.807, 2.05) is 6.07 Å². The van der Waals surface area contributed by atoms with E-state index in [4.69, 9.17) is 0 Å². The Morgan fingerprint density at radius 2 is 1.82 bits per heavy atom. The van der Waals surface area contributed by atoms with Gasteiger partial charge in [-0.25, -0.2) is 0 Å². The Kier molecular flexibility index (Phi) is 5.53. The van der Waals surface area contributed by atoms with Gasteiger partial charge in [-0.05, 0) is 56.2 Å². The van der Waals surface area contributed by atoms with Crippen LogP contribution in [0.25, 0.3) is 28.0 Å². The molecule has 144 valence electrons. The zero-order chi connectivity index (χ0) is 19.5. The van der Waals surface area contributed by atoms with Gasteiger partial charge >= 0.3 is 0 Å². The number of aryl methyl sites for hydroxylation is 2. The van der Waals surface area contributed by atoms with Gasteiger partial charge in [-0.15, -0.1) is 10.2 Å². The van der Waals surface area contributed by atoms with Crippen molar-refractivity contribution in [2.45, 2.75) is 45.2 Å². The Labute approximate surface area is 170 Å². The average molecular weight is 391 g/mol. The van der Waals surface area contributed by atoms with Gasteiger partial charge in [0, 0.05) is 33.6 Å². The van der Waals surface area contributed by atoms with Crippen molar-refractivity contribution < 1.29 is 0 Å². The molecule has 4 nitrogen and oxygen atoms in total. The Hall–Kier alpha value is -2.53. The molecule has 0 saturated carbocycles. The molecule has 5 heteroatoms. The van der Waals surface area contributed by atoms with Crippen LogP contribution in [0, 0.1) is 13.8 Å². The number of thioether (sulfide) groups is 1. The predicted molar refractivity (Wildman–Crippen MR) is 118 cm³/mol. The average Bonchev–Trinajstić information content (AvgIpc) is 3.27. The topological polar surface area (TPSA) is 46.5 Å². The standard InChI is InChI=1S/C23H26N4S/c1-4-5-9-14-28-23-26-25-22(27(23)19-10-7-6-8-11-19)18-12-13-21-20(15-18)16(2)17(3)24-21/h6-8,10-13,15,24H,4-5,9,14H2,1-3H3. The number of hydrogen-bond donors (Lipinski definition) is 1. The molecule has 2 aromatic heterocycles. The third-order valence-corrected chi connectivity index (χ3v) is 6.21. The van der Waals surface area contributed by atoms with Crippen LogP contribution in [0.15, 0.2) is 53.7 Å². The lowest BCUT2D eigenvalue weighted by molar-refractivity contribution is 0.775. The quantitative estimate of drug-likeness (QED) is 0.297. The van der Waals surface area contributed by atoms with E-state index < -0.39 is 0 Å². The summed E-state index contributed by atoms with van der Waals surface area (Å²) in [5, 5.41) is 11.3. The van der Waals surface area contributed by atoms with Crippen LogP contribution in [0.1, 0.15) is 37.4 Å². The lowest BCUT2D eigenvalue weighted by Crippen LogP contribution is -2.00. The number of rotatable bonds is 7. The predicted octanol–water partition coefficient (Wildman–Crippen LogP) is 6.31. The third-order valence-electron chi connectivity index (χ3n) is 5.19. The van der Waals surface area contributed by atoms with E-state index >= 15 is 0 Å². The van der Waals surface area contributed by atoms with Crippen LogP contribution in [-0.4, -0.2) is 25.5 Å². The highest BCUT2D eigenvalue weighted by Crippen LogP contribution is 2.31. The first-order chi connectivity index (χ1) is 13.7. The van der Waals surface area contributed by atoms with Crippen molar-refractivity contribution in [2.24, 2.45) is 0 Å². The maximum atomic E-state index is 4.59. The second kappa shape index (κ2) is 8.23. The summed E-state index contributed by atoms with van der Waals surface area (Å²) in [7, 11) is 0. The molecule has 0 spiro atoms. The zero-order valence-electron chi connectivity index (χ0n) is 16.7. The molecular weight excluding hydrogens is 364 g/mol. The monoisotopic (exact) mass is 390 g/mol. The van der Waals surface area contributed by atoms with Crippen molar-refractivity contribution in [1.29, 1.82) is 0 Å². The summed E-state index contributed by atoms with van der Waals surface area (Å²) in [5.41, 5.74) is 5.85. The van der Waals surface area contributed by atoms with E-state index in [0.717, 1.165) is 28.0 Å². The summed E-state index contributed by atoms with van der Waals surface area (Å²) in [6, 6.07) is 16.9. The minimum atomic E-state index is 0.893. The molecule has 0 fully saturated rings. The molecule has 0 radical (unpaired) electrons. The molecule has 1 N–H and O–H groups in total. The minimum absolute atomic E-state index is 0.893. The van der Waals surface area contributed by atoms with Crippen LogP contribution < -0.4 is 0 Å². The van der Waals surface area contributed by atoms with E-state index in [2.05, 4.69) is 83.0 Å². The molecule has 0 aliphatic carbocycles.